The molecule has 0 aliphatic carbocycles. The van der Waals surface area contributed by atoms with Gasteiger partial charge in [0.25, 0.3) is 5.91 Å². The second kappa shape index (κ2) is 6.53. The van der Waals surface area contributed by atoms with Gasteiger partial charge in [0.1, 0.15) is 0 Å². The van der Waals surface area contributed by atoms with E-state index in [2.05, 4.69) is 0 Å². The molecule has 1 aliphatic rings. The molecule has 2 heterocycles. The number of ketones is 1. The van der Waals surface area contributed by atoms with Crippen molar-refractivity contribution in [2.24, 2.45) is 0 Å². The van der Waals surface area contributed by atoms with Crippen LogP contribution in [0.1, 0.15) is 35.5 Å². The Morgan fingerprint density at radius 1 is 1.29 bits per heavy atom. The van der Waals surface area contributed by atoms with E-state index in [4.69, 9.17) is 16.0 Å². The molecule has 5 nitrogen and oxygen atoms in total. The zero-order valence-electron chi connectivity index (χ0n) is 13.0. The standard InChI is InChI=1S/C18H16ClNO4/c1-2-9-20-15(11-5-7-12(19)8-6-11)14(17(22)18(20)23)16(21)13-4-3-10-24-13/h3-8,10,15,22H,2,9H2,1H3. The molecule has 0 spiro atoms. The lowest BCUT2D eigenvalue weighted by atomic mass is 9.95. The van der Waals surface area contributed by atoms with E-state index < -0.39 is 23.5 Å². The third kappa shape index (κ3) is 2.71. The first-order valence-corrected chi connectivity index (χ1v) is 8.00. The molecule has 124 valence electrons. The van der Waals surface area contributed by atoms with Gasteiger partial charge in [-0.1, -0.05) is 30.7 Å². The number of amides is 1. The highest BCUT2D eigenvalue weighted by atomic mass is 35.5. The summed E-state index contributed by atoms with van der Waals surface area (Å²) in [7, 11) is 0. The summed E-state index contributed by atoms with van der Waals surface area (Å²) in [6.45, 7) is 2.35. The minimum Gasteiger partial charge on any atom is -0.503 e. The predicted molar refractivity (Wildman–Crippen MR) is 88.9 cm³/mol. The van der Waals surface area contributed by atoms with Crippen molar-refractivity contribution in [3.8, 4) is 0 Å². The topological polar surface area (TPSA) is 70.8 Å². The van der Waals surface area contributed by atoms with Crippen molar-refractivity contribution in [1.29, 1.82) is 0 Å². The molecule has 1 aliphatic heterocycles. The van der Waals surface area contributed by atoms with Gasteiger partial charge in [-0.05, 0) is 36.2 Å². The van der Waals surface area contributed by atoms with Gasteiger partial charge < -0.3 is 14.4 Å². The molecule has 0 saturated heterocycles. The average Bonchev–Trinajstić information content (AvgIpc) is 3.19. The highest BCUT2D eigenvalue weighted by Gasteiger charge is 2.43. The van der Waals surface area contributed by atoms with Crippen LogP contribution >= 0.6 is 11.6 Å². The largest absolute Gasteiger partial charge is 0.503 e. The molecular formula is C18H16ClNO4. The van der Waals surface area contributed by atoms with Crippen LogP contribution in [0.5, 0.6) is 0 Å². The Balaban J connectivity index is 2.10. The summed E-state index contributed by atoms with van der Waals surface area (Å²) in [5.74, 6) is -1.48. The molecule has 1 aromatic carbocycles. The van der Waals surface area contributed by atoms with Crippen LogP contribution in [0, 0.1) is 0 Å². The van der Waals surface area contributed by atoms with E-state index in [0.717, 1.165) is 0 Å². The first-order chi connectivity index (χ1) is 11.5. The van der Waals surface area contributed by atoms with E-state index >= 15 is 0 Å². The zero-order chi connectivity index (χ0) is 17.3. The molecule has 1 N–H and O–H groups in total. The maximum absolute atomic E-state index is 12.7. The number of halogens is 1. The van der Waals surface area contributed by atoms with Crippen LogP contribution < -0.4 is 0 Å². The average molecular weight is 346 g/mol. The molecule has 3 rings (SSSR count). The molecule has 0 saturated carbocycles. The molecule has 24 heavy (non-hydrogen) atoms. The van der Waals surface area contributed by atoms with Gasteiger partial charge in [0, 0.05) is 11.6 Å². The maximum Gasteiger partial charge on any atom is 0.290 e. The highest BCUT2D eigenvalue weighted by Crippen LogP contribution is 2.39. The van der Waals surface area contributed by atoms with Gasteiger partial charge in [0.05, 0.1) is 17.9 Å². The first kappa shape index (κ1) is 16.3. The van der Waals surface area contributed by atoms with E-state index in [1.165, 1.54) is 17.2 Å². The predicted octanol–water partition coefficient (Wildman–Crippen LogP) is 3.92. The Labute approximate surface area is 144 Å². The first-order valence-electron chi connectivity index (χ1n) is 7.62. The smallest absolute Gasteiger partial charge is 0.290 e. The molecule has 1 amide bonds. The van der Waals surface area contributed by atoms with Gasteiger partial charge in [0.15, 0.2) is 11.5 Å². The van der Waals surface area contributed by atoms with Gasteiger partial charge in [-0.25, -0.2) is 0 Å². The van der Waals surface area contributed by atoms with E-state index in [1.54, 1.807) is 30.3 Å². The fourth-order valence-corrected chi connectivity index (χ4v) is 3.02. The van der Waals surface area contributed by atoms with Gasteiger partial charge in [-0.15, -0.1) is 0 Å². The summed E-state index contributed by atoms with van der Waals surface area (Å²) in [6.07, 6.45) is 2.08. The number of carbonyl (C=O) groups excluding carboxylic acids is 2. The van der Waals surface area contributed by atoms with Gasteiger partial charge in [-0.2, -0.15) is 0 Å². The molecule has 0 radical (unpaired) electrons. The summed E-state index contributed by atoms with van der Waals surface area (Å²) >= 11 is 5.93. The quantitative estimate of drug-likeness (QED) is 0.834. The van der Waals surface area contributed by atoms with Crippen molar-refractivity contribution >= 4 is 23.3 Å². The van der Waals surface area contributed by atoms with Crippen LogP contribution in [0.15, 0.2) is 58.4 Å². The Bertz CT molecular complexity index is 793. The molecule has 0 fully saturated rings. The van der Waals surface area contributed by atoms with Crippen LogP contribution in [-0.2, 0) is 4.79 Å². The number of rotatable bonds is 5. The summed E-state index contributed by atoms with van der Waals surface area (Å²) in [5, 5.41) is 10.9. The highest BCUT2D eigenvalue weighted by molar-refractivity contribution is 6.30. The Hall–Kier alpha value is -2.53. The lowest BCUT2D eigenvalue weighted by molar-refractivity contribution is -0.129. The van der Waals surface area contributed by atoms with Crippen LogP contribution in [0.3, 0.4) is 0 Å². The Morgan fingerprint density at radius 2 is 2.00 bits per heavy atom. The Morgan fingerprint density at radius 3 is 2.58 bits per heavy atom. The summed E-state index contributed by atoms with van der Waals surface area (Å²) in [6, 6.07) is 9.31. The van der Waals surface area contributed by atoms with E-state index in [0.29, 0.717) is 23.6 Å². The third-order valence-electron chi connectivity index (χ3n) is 3.94. The fourth-order valence-electron chi connectivity index (χ4n) is 2.89. The van der Waals surface area contributed by atoms with Crippen molar-refractivity contribution in [3.63, 3.8) is 0 Å². The maximum atomic E-state index is 12.7. The zero-order valence-corrected chi connectivity index (χ0v) is 13.8. The number of nitrogens with zero attached hydrogens (tertiary/aromatic N) is 1. The normalized spacial score (nSPS) is 17.7. The van der Waals surface area contributed by atoms with E-state index in [1.807, 2.05) is 6.92 Å². The van der Waals surface area contributed by atoms with Crippen molar-refractivity contribution in [2.75, 3.05) is 6.54 Å². The Kier molecular flexibility index (Phi) is 4.44. The lowest BCUT2D eigenvalue weighted by Crippen LogP contribution is -2.31. The second-order valence-corrected chi connectivity index (χ2v) is 5.96. The molecule has 0 bridgehead atoms. The van der Waals surface area contributed by atoms with Crippen molar-refractivity contribution in [2.45, 2.75) is 19.4 Å². The van der Waals surface area contributed by atoms with Gasteiger partial charge >= 0.3 is 0 Å². The molecule has 2 aromatic rings. The minimum atomic E-state index is -0.660. The number of carbonyl (C=O) groups is 2. The van der Waals surface area contributed by atoms with Gasteiger partial charge in [-0.3, -0.25) is 9.59 Å². The second-order valence-electron chi connectivity index (χ2n) is 5.52. The number of benzene rings is 1. The molecular weight excluding hydrogens is 330 g/mol. The number of aliphatic hydroxyl groups is 1. The number of aliphatic hydroxyl groups excluding tert-OH is 1. The molecule has 1 atom stereocenters. The molecule has 1 unspecified atom stereocenters. The lowest BCUT2D eigenvalue weighted by Gasteiger charge is -2.26. The summed E-state index contributed by atoms with van der Waals surface area (Å²) < 4.78 is 5.14. The monoisotopic (exact) mass is 345 g/mol. The SMILES string of the molecule is CCCN1C(=O)C(O)=C(C(=O)c2ccco2)C1c1ccc(Cl)cc1. The molecule has 6 heteroatoms. The third-order valence-corrected chi connectivity index (χ3v) is 4.20. The fraction of sp³-hybridized carbons (Fsp3) is 0.222. The van der Waals surface area contributed by atoms with E-state index in [9.17, 15) is 14.7 Å². The number of hydrogen-bond acceptors (Lipinski definition) is 4. The van der Waals surface area contributed by atoms with Crippen LogP contribution in [0.4, 0.5) is 0 Å². The van der Waals surface area contributed by atoms with Gasteiger partial charge in [0.2, 0.25) is 5.78 Å². The summed E-state index contributed by atoms with van der Waals surface area (Å²) in [5.41, 5.74) is 0.742. The minimum absolute atomic E-state index is 0.0331. The number of furan rings is 1. The van der Waals surface area contributed by atoms with Crippen molar-refractivity contribution in [3.05, 3.63) is 70.3 Å². The van der Waals surface area contributed by atoms with Crippen molar-refractivity contribution in [1.82, 2.24) is 4.90 Å². The van der Waals surface area contributed by atoms with E-state index in [-0.39, 0.29) is 11.3 Å². The van der Waals surface area contributed by atoms with Crippen LogP contribution in [-0.4, -0.2) is 28.2 Å². The van der Waals surface area contributed by atoms with Crippen molar-refractivity contribution < 1.29 is 19.1 Å². The summed E-state index contributed by atoms with van der Waals surface area (Å²) in [4.78, 5) is 26.7. The van der Waals surface area contributed by atoms with Crippen LogP contribution in [0.25, 0.3) is 0 Å². The number of Topliss-reactive ketones (excluding diaryl/α,β-unsaturated/α-hetero) is 1. The number of hydrogen-bond donors (Lipinski definition) is 1. The molecule has 1 aromatic heterocycles. The van der Waals surface area contributed by atoms with Crippen LogP contribution in [0.2, 0.25) is 5.02 Å².